The summed E-state index contributed by atoms with van der Waals surface area (Å²) < 4.78 is 43.7. The Morgan fingerprint density at radius 2 is 2.13 bits per heavy atom. The molecule has 1 aromatic heterocycles. The molecule has 0 spiro atoms. The number of hydrogen-bond acceptors (Lipinski definition) is 4. The van der Waals surface area contributed by atoms with Crippen LogP contribution in [0.15, 0.2) is 12.3 Å². The molecule has 1 heterocycles. The second-order valence-corrected chi connectivity index (χ2v) is 2.38. The van der Waals surface area contributed by atoms with Crippen molar-refractivity contribution in [3.05, 3.63) is 18.0 Å². The number of alkyl halides is 3. The lowest BCUT2D eigenvalue weighted by atomic mass is 10.3. The van der Waals surface area contributed by atoms with Crippen LogP contribution < -0.4 is 9.47 Å². The van der Waals surface area contributed by atoms with Crippen LogP contribution in [0.1, 0.15) is 5.69 Å². The van der Waals surface area contributed by atoms with Gasteiger partial charge in [0.2, 0.25) is 0 Å². The summed E-state index contributed by atoms with van der Waals surface area (Å²) in [4.78, 5) is 3.44. The molecule has 0 aromatic carbocycles. The van der Waals surface area contributed by atoms with E-state index >= 15 is 0 Å². The summed E-state index contributed by atoms with van der Waals surface area (Å²) in [5.41, 5.74) is -0.105. The normalized spacial score (nSPS) is 10.6. The van der Waals surface area contributed by atoms with Gasteiger partial charge >= 0.3 is 6.36 Å². The molecule has 0 fully saturated rings. The van der Waals surface area contributed by atoms with E-state index in [4.69, 9.17) is 5.26 Å². The van der Waals surface area contributed by atoms with Gasteiger partial charge in [0.25, 0.3) is 0 Å². The lowest BCUT2D eigenvalue weighted by Crippen LogP contribution is -2.17. The van der Waals surface area contributed by atoms with Crippen molar-refractivity contribution in [2.45, 2.75) is 6.36 Å². The third-order valence-electron chi connectivity index (χ3n) is 1.39. The van der Waals surface area contributed by atoms with Crippen molar-refractivity contribution in [3.63, 3.8) is 0 Å². The number of aromatic nitrogens is 1. The van der Waals surface area contributed by atoms with E-state index in [1.165, 1.54) is 7.11 Å². The second-order valence-electron chi connectivity index (χ2n) is 2.38. The maximum absolute atomic E-state index is 11.8. The van der Waals surface area contributed by atoms with Gasteiger partial charge in [-0.2, -0.15) is 5.26 Å². The third kappa shape index (κ3) is 3.02. The molecular formula is C8H5F3N2O2. The molecule has 7 heteroatoms. The van der Waals surface area contributed by atoms with E-state index in [0.717, 1.165) is 12.3 Å². The van der Waals surface area contributed by atoms with Crippen molar-refractivity contribution < 1.29 is 22.6 Å². The van der Waals surface area contributed by atoms with Gasteiger partial charge in [0, 0.05) is 6.07 Å². The standard InChI is InChI=1S/C8H5F3N2O2/c1-14-7-2-5(15-8(9,10)11)4-13-6(7)3-12/h2,4H,1H3. The van der Waals surface area contributed by atoms with Crippen molar-refractivity contribution in [2.24, 2.45) is 0 Å². The molecule has 4 nitrogen and oxygen atoms in total. The first-order chi connectivity index (χ1) is 6.96. The van der Waals surface area contributed by atoms with Crippen LogP contribution in [0.2, 0.25) is 0 Å². The average Bonchev–Trinajstić information content (AvgIpc) is 2.15. The second kappa shape index (κ2) is 4.04. The third-order valence-corrected chi connectivity index (χ3v) is 1.39. The molecule has 0 aliphatic rings. The van der Waals surface area contributed by atoms with Gasteiger partial charge in [-0.1, -0.05) is 0 Å². The highest BCUT2D eigenvalue weighted by atomic mass is 19.4. The molecule has 0 atom stereocenters. The molecule has 0 saturated carbocycles. The largest absolute Gasteiger partial charge is 0.573 e. The molecule has 0 N–H and O–H groups in total. The van der Waals surface area contributed by atoms with Gasteiger partial charge in [0.1, 0.15) is 6.07 Å². The average molecular weight is 218 g/mol. The number of nitriles is 1. The first-order valence-corrected chi connectivity index (χ1v) is 3.66. The van der Waals surface area contributed by atoms with Crippen molar-refractivity contribution in [1.82, 2.24) is 4.98 Å². The van der Waals surface area contributed by atoms with Crippen LogP contribution in [0.5, 0.6) is 11.5 Å². The fourth-order valence-electron chi connectivity index (χ4n) is 0.856. The maximum atomic E-state index is 11.8. The highest BCUT2D eigenvalue weighted by Gasteiger charge is 2.31. The Bertz CT molecular complexity index is 398. The summed E-state index contributed by atoms with van der Waals surface area (Å²) in [7, 11) is 1.22. The van der Waals surface area contributed by atoms with E-state index in [1.807, 2.05) is 0 Å². The first-order valence-electron chi connectivity index (χ1n) is 3.66. The van der Waals surface area contributed by atoms with Crippen LogP contribution >= 0.6 is 0 Å². The molecule has 0 aliphatic heterocycles. The quantitative estimate of drug-likeness (QED) is 0.760. The first kappa shape index (κ1) is 11.1. The summed E-state index contributed by atoms with van der Waals surface area (Å²) in [5.74, 6) is -0.599. The minimum Gasteiger partial charge on any atom is -0.494 e. The van der Waals surface area contributed by atoms with Crippen molar-refractivity contribution in [1.29, 1.82) is 5.26 Å². The van der Waals surface area contributed by atoms with Gasteiger partial charge in [-0.05, 0) is 0 Å². The topological polar surface area (TPSA) is 55.1 Å². The number of ether oxygens (including phenoxy) is 2. The molecule has 0 radical (unpaired) electrons. The summed E-state index contributed by atoms with van der Waals surface area (Å²) >= 11 is 0. The Hall–Kier alpha value is -1.97. The van der Waals surface area contributed by atoms with Gasteiger partial charge in [-0.25, -0.2) is 4.98 Å². The Balaban J connectivity index is 3.00. The Kier molecular flexibility index (Phi) is 2.99. The number of pyridine rings is 1. The van der Waals surface area contributed by atoms with Crippen LogP contribution in [-0.4, -0.2) is 18.5 Å². The number of rotatable bonds is 2. The maximum Gasteiger partial charge on any atom is 0.573 e. The minimum atomic E-state index is -4.79. The fraction of sp³-hybridized carbons (Fsp3) is 0.250. The number of methoxy groups -OCH3 is 1. The van der Waals surface area contributed by atoms with E-state index in [1.54, 1.807) is 6.07 Å². The van der Waals surface area contributed by atoms with Crippen LogP contribution in [0.4, 0.5) is 13.2 Å². The number of hydrogen-bond donors (Lipinski definition) is 0. The van der Waals surface area contributed by atoms with Gasteiger partial charge < -0.3 is 9.47 Å². The molecule has 0 aliphatic carbocycles. The Morgan fingerprint density at radius 3 is 2.60 bits per heavy atom. The highest BCUT2D eigenvalue weighted by Crippen LogP contribution is 2.26. The smallest absolute Gasteiger partial charge is 0.494 e. The number of nitrogens with zero attached hydrogens (tertiary/aromatic N) is 2. The van der Waals surface area contributed by atoms with Gasteiger partial charge in [-0.3, -0.25) is 0 Å². The summed E-state index contributed by atoms with van der Waals surface area (Å²) in [6, 6.07) is 2.61. The zero-order chi connectivity index (χ0) is 11.5. The van der Waals surface area contributed by atoms with Crippen LogP contribution in [0, 0.1) is 11.3 Å². The van der Waals surface area contributed by atoms with Crippen molar-refractivity contribution >= 4 is 0 Å². The summed E-state index contributed by atoms with van der Waals surface area (Å²) in [5, 5.41) is 8.52. The molecule has 15 heavy (non-hydrogen) atoms. The van der Waals surface area contributed by atoms with E-state index in [-0.39, 0.29) is 11.4 Å². The molecular weight excluding hydrogens is 213 g/mol. The van der Waals surface area contributed by atoms with Gasteiger partial charge in [-0.15, -0.1) is 13.2 Å². The summed E-state index contributed by atoms with van der Waals surface area (Å²) in [6.45, 7) is 0. The lowest BCUT2D eigenvalue weighted by molar-refractivity contribution is -0.274. The van der Waals surface area contributed by atoms with Gasteiger partial charge in [0.15, 0.2) is 17.2 Å². The van der Waals surface area contributed by atoms with E-state index in [0.29, 0.717) is 0 Å². The van der Waals surface area contributed by atoms with Crippen LogP contribution in [0.25, 0.3) is 0 Å². The molecule has 1 aromatic rings. The zero-order valence-electron chi connectivity index (χ0n) is 7.50. The molecule has 80 valence electrons. The zero-order valence-corrected chi connectivity index (χ0v) is 7.50. The van der Waals surface area contributed by atoms with Crippen LogP contribution in [0.3, 0.4) is 0 Å². The molecule has 0 unspecified atom stereocenters. The van der Waals surface area contributed by atoms with Gasteiger partial charge in [0.05, 0.1) is 13.3 Å². The van der Waals surface area contributed by atoms with Crippen molar-refractivity contribution in [2.75, 3.05) is 7.11 Å². The minimum absolute atomic E-state index is 0.0701. The van der Waals surface area contributed by atoms with Crippen LogP contribution in [-0.2, 0) is 0 Å². The molecule has 1 rings (SSSR count). The van der Waals surface area contributed by atoms with E-state index < -0.39 is 12.1 Å². The predicted molar refractivity (Wildman–Crippen MR) is 42.2 cm³/mol. The Labute approximate surface area is 82.9 Å². The molecule has 0 amide bonds. The Morgan fingerprint density at radius 1 is 1.47 bits per heavy atom. The lowest BCUT2D eigenvalue weighted by Gasteiger charge is -2.09. The molecule has 0 bridgehead atoms. The predicted octanol–water partition coefficient (Wildman–Crippen LogP) is 1.86. The van der Waals surface area contributed by atoms with E-state index in [2.05, 4.69) is 14.5 Å². The number of halogens is 3. The highest BCUT2D eigenvalue weighted by molar-refractivity contribution is 5.41. The summed E-state index contributed by atoms with van der Waals surface area (Å²) in [6.07, 6.45) is -3.99. The SMILES string of the molecule is COc1cc(OC(F)(F)F)cnc1C#N. The fourth-order valence-corrected chi connectivity index (χ4v) is 0.856. The monoisotopic (exact) mass is 218 g/mol. The van der Waals surface area contributed by atoms with E-state index in [9.17, 15) is 13.2 Å². The molecule has 0 saturated heterocycles. The van der Waals surface area contributed by atoms with Crippen molar-refractivity contribution in [3.8, 4) is 17.6 Å².